The van der Waals surface area contributed by atoms with E-state index in [4.69, 9.17) is 9.42 Å². The van der Waals surface area contributed by atoms with Crippen molar-refractivity contribution in [1.82, 2.24) is 4.98 Å². The second-order valence-corrected chi connectivity index (χ2v) is 12.0. The lowest BCUT2D eigenvalue weighted by Gasteiger charge is -2.21. The smallest absolute Gasteiger partial charge is 0.242 e. The van der Waals surface area contributed by atoms with Gasteiger partial charge < -0.3 is 4.43 Å². The molecule has 1 aromatic heterocycles. The molecule has 0 saturated heterocycles. The van der Waals surface area contributed by atoms with Crippen LogP contribution in [0.15, 0.2) is 77.9 Å². The Morgan fingerprint density at radius 3 is 2.56 bits per heavy atom. The predicted molar refractivity (Wildman–Crippen MR) is 117 cm³/mol. The average Bonchev–Trinajstić information content (AvgIpc) is 2.66. The van der Waals surface area contributed by atoms with Gasteiger partial charge in [0.05, 0.1) is 11.2 Å². The second-order valence-electron chi connectivity index (χ2n) is 7.55. The minimum atomic E-state index is -1.73. The van der Waals surface area contributed by atoms with Gasteiger partial charge in [-0.05, 0) is 60.7 Å². The summed E-state index contributed by atoms with van der Waals surface area (Å²) in [6, 6.07) is 22.6. The summed E-state index contributed by atoms with van der Waals surface area (Å²) in [5, 5.41) is 3.42. The average molecular weight is 371 g/mol. The van der Waals surface area contributed by atoms with Gasteiger partial charge in [0, 0.05) is 23.4 Å². The lowest BCUT2D eigenvalue weighted by molar-refractivity contribution is 0.558. The summed E-state index contributed by atoms with van der Waals surface area (Å²) in [7, 11) is -1.73. The Morgan fingerprint density at radius 1 is 0.889 bits per heavy atom. The Balaban J connectivity index is 1.80. The largest absolute Gasteiger partial charge is 0.544 e. The summed E-state index contributed by atoms with van der Waals surface area (Å²) in [4.78, 5) is 9.12. The summed E-state index contributed by atoms with van der Waals surface area (Å²) in [5.41, 5.74) is 2.91. The molecular weight excluding hydrogens is 348 g/mol. The number of fused-ring (bicyclic) bond motifs is 2. The second kappa shape index (κ2) is 6.97. The number of aromatic nitrogens is 1. The van der Waals surface area contributed by atoms with Gasteiger partial charge in [-0.3, -0.25) is 9.98 Å². The van der Waals surface area contributed by atoms with Gasteiger partial charge in [0.25, 0.3) is 0 Å². The number of aliphatic imine (C=N–C) groups is 1. The molecule has 0 aliphatic carbocycles. The number of nitrogens with zero attached hydrogens (tertiary/aromatic N) is 2. The Labute approximate surface area is 160 Å². The Kier molecular flexibility index (Phi) is 4.50. The molecule has 0 atom stereocenters. The maximum Gasteiger partial charge on any atom is 0.242 e. The molecule has 3 aromatic carbocycles. The fourth-order valence-corrected chi connectivity index (χ4v) is 3.95. The van der Waals surface area contributed by atoms with Gasteiger partial charge in [-0.1, -0.05) is 36.4 Å². The van der Waals surface area contributed by atoms with E-state index in [-0.39, 0.29) is 0 Å². The van der Waals surface area contributed by atoms with Crippen LogP contribution >= 0.6 is 0 Å². The van der Waals surface area contributed by atoms with E-state index >= 15 is 0 Å². The highest BCUT2D eigenvalue weighted by molar-refractivity contribution is 6.70. The highest BCUT2D eigenvalue weighted by Crippen LogP contribution is 2.29. The molecule has 0 unspecified atom stereocenters. The Hall–Kier alpha value is -2.98. The van der Waals surface area contributed by atoms with Gasteiger partial charge in [0.1, 0.15) is 5.75 Å². The quantitative estimate of drug-likeness (QED) is 0.310. The van der Waals surface area contributed by atoms with Crippen molar-refractivity contribution in [2.24, 2.45) is 4.99 Å². The van der Waals surface area contributed by atoms with Crippen LogP contribution in [0.25, 0.3) is 21.7 Å². The van der Waals surface area contributed by atoms with E-state index in [1.165, 1.54) is 5.39 Å². The standard InChI is InChI=1S/C23H22N2OSi/c1-27(2,3)26-23-13-10-17-7-4-5-9-20(17)21(23)16-25-19-11-12-22-18(15-19)8-6-14-24-22/h4-16H,1-3H3. The summed E-state index contributed by atoms with van der Waals surface area (Å²) >= 11 is 0. The van der Waals surface area contributed by atoms with E-state index in [1.807, 2.05) is 24.4 Å². The summed E-state index contributed by atoms with van der Waals surface area (Å²) < 4.78 is 6.34. The summed E-state index contributed by atoms with van der Waals surface area (Å²) in [6.45, 7) is 6.58. The third kappa shape index (κ3) is 3.91. The molecule has 4 rings (SSSR count). The number of pyridine rings is 1. The highest BCUT2D eigenvalue weighted by Gasteiger charge is 2.18. The van der Waals surface area contributed by atoms with Gasteiger partial charge in [0.2, 0.25) is 8.32 Å². The van der Waals surface area contributed by atoms with Crippen molar-refractivity contribution in [1.29, 1.82) is 0 Å². The number of hydrogen-bond donors (Lipinski definition) is 0. The maximum absolute atomic E-state index is 6.34. The molecule has 4 heteroatoms. The molecule has 0 aliphatic rings. The van der Waals surface area contributed by atoms with E-state index in [0.29, 0.717) is 0 Å². The molecule has 0 bridgehead atoms. The van der Waals surface area contributed by atoms with Crippen LogP contribution in [0.3, 0.4) is 0 Å². The van der Waals surface area contributed by atoms with Gasteiger partial charge in [-0.15, -0.1) is 0 Å². The molecule has 1 heterocycles. The normalized spacial score (nSPS) is 12.1. The lowest BCUT2D eigenvalue weighted by atomic mass is 10.0. The number of benzene rings is 3. The fraction of sp³-hybridized carbons (Fsp3) is 0.130. The molecule has 4 aromatic rings. The minimum Gasteiger partial charge on any atom is -0.544 e. The van der Waals surface area contributed by atoms with Crippen LogP contribution in [0.4, 0.5) is 5.69 Å². The maximum atomic E-state index is 6.34. The van der Waals surface area contributed by atoms with Crippen LogP contribution in [0.1, 0.15) is 5.56 Å². The summed E-state index contributed by atoms with van der Waals surface area (Å²) in [6.07, 6.45) is 3.73. The first kappa shape index (κ1) is 17.4. The lowest BCUT2D eigenvalue weighted by Crippen LogP contribution is -2.29. The third-order valence-electron chi connectivity index (χ3n) is 4.28. The SMILES string of the molecule is C[Si](C)(C)Oc1ccc2ccccc2c1C=Nc1ccc2ncccc2c1. The third-order valence-corrected chi connectivity index (χ3v) is 5.11. The molecule has 0 saturated carbocycles. The molecule has 3 nitrogen and oxygen atoms in total. The zero-order valence-electron chi connectivity index (χ0n) is 15.8. The van der Waals surface area contributed by atoms with Crippen LogP contribution in [0.2, 0.25) is 19.6 Å². The van der Waals surface area contributed by atoms with Crippen molar-refractivity contribution in [3.8, 4) is 5.75 Å². The van der Waals surface area contributed by atoms with Gasteiger partial charge >= 0.3 is 0 Å². The number of rotatable bonds is 4. The van der Waals surface area contributed by atoms with Crippen LogP contribution in [0, 0.1) is 0 Å². The zero-order valence-corrected chi connectivity index (χ0v) is 16.8. The minimum absolute atomic E-state index is 0.902. The van der Waals surface area contributed by atoms with Crippen molar-refractivity contribution in [3.05, 3.63) is 78.5 Å². The molecule has 0 amide bonds. The molecule has 0 N–H and O–H groups in total. The monoisotopic (exact) mass is 370 g/mol. The van der Waals surface area contributed by atoms with Gasteiger partial charge in [-0.25, -0.2) is 0 Å². The zero-order chi connectivity index (χ0) is 18.9. The van der Waals surface area contributed by atoms with E-state index < -0.39 is 8.32 Å². The van der Waals surface area contributed by atoms with Crippen molar-refractivity contribution in [2.75, 3.05) is 0 Å². The van der Waals surface area contributed by atoms with Crippen molar-refractivity contribution in [3.63, 3.8) is 0 Å². The van der Waals surface area contributed by atoms with Crippen LogP contribution in [-0.4, -0.2) is 19.5 Å². The first-order valence-corrected chi connectivity index (χ1v) is 12.5. The first-order valence-electron chi connectivity index (χ1n) is 9.09. The summed E-state index contributed by atoms with van der Waals surface area (Å²) in [5.74, 6) is 0.902. The van der Waals surface area contributed by atoms with Crippen LogP contribution in [0.5, 0.6) is 5.75 Å². The van der Waals surface area contributed by atoms with Crippen molar-refractivity contribution < 1.29 is 4.43 Å². The molecule has 0 aliphatic heterocycles. The number of hydrogen-bond acceptors (Lipinski definition) is 3. The molecular formula is C23H22N2OSi. The predicted octanol–water partition coefficient (Wildman–Crippen LogP) is 6.35. The van der Waals surface area contributed by atoms with Crippen LogP contribution < -0.4 is 4.43 Å². The first-order chi connectivity index (χ1) is 13.0. The topological polar surface area (TPSA) is 34.5 Å². The molecule has 0 spiro atoms. The van der Waals surface area contributed by atoms with E-state index in [0.717, 1.165) is 33.3 Å². The molecule has 27 heavy (non-hydrogen) atoms. The van der Waals surface area contributed by atoms with Crippen molar-refractivity contribution >= 4 is 41.9 Å². The van der Waals surface area contributed by atoms with Crippen LogP contribution in [-0.2, 0) is 0 Å². The molecule has 0 fully saturated rings. The van der Waals surface area contributed by atoms with E-state index in [2.05, 4.69) is 73.2 Å². The Morgan fingerprint density at radius 2 is 1.70 bits per heavy atom. The highest BCUT2D eigenvalue weighted by atomic mass is 28.4. The van der Waals surface area contributed by atoms with E-state index in [1.54, 1.807) is 6.20 Å². The Bertz CT molecular complexity index is 1150. The van der Waals surface area contributed by atoms with Crippen molar-refractivity contribution in [2.45, 2.75) is 19.6 Å². The fourth-order valence-electron chi connectivity index (χ4n) is 3.11. The van der Waals surface area contributed by atoms with Gasteiger partial charge in [-0.2, -0.15) is 0 Å². The van der Waals surface area contributed by atoms with Gasteiger partial charge in [0.15, 0.2) is 0 Å². The molecule has 0 radical (unpaired) electrons. The molecule has 134 valence electrons. The van der Waals surface area contributed by atoms with E-state index in [9.17, 15) is 0 Å².